The number of pyridine rings is 1. The van der Waals surface area contributed by atoms with E-state index >= 15 is 0 Å². The molecule has 5 aromatic rings. The van der Waals surface area contributed by atoms with E-state index in [1.54, 1.807) is 20.4 Å². The molecule has 0 saturated carbocycles. The predicted molar refractivity (Wildman–Crippen MR) is 140 cm³/mol. The average Bonchev–Trinajstić information content (AvgIpc) is 2.91. The Morgan fingerprint density at radius 3 is 2.49 bits per heavy atom. The van der Waals surface area contributed by atoms with E-state index in [1.807, 2.05) is 60.8 Å². The number of rotatable bonds is 7. The van der Waals surface area contributed by atoms with E-state index in [2.05, 4.69) is 34.6 Å². The van der Waals surface area contributed by atoms with Crippen LogP contribution in [0.15, 0.2) is 91.3 Å². The molecule has 35 heavy (non-hydrogen) atoms. The summed E-state index contributed by atoms with van der Waals surface area (Å²) >= 11 is 0. The molecule has 1 aromatic heterocycles. The molecule has 174 valence electrons. The van der Waals surface area contributed by atoms with Gasteiger partial charge in [0.05, 0.1) is 20.6 Å². The van der Waals surface area contributed by atoms with Gasteiger partial charge in [-0.05, 0) is 68.7 Å². The Morgan fingerprint density at radius 2 is 1.63 bits per heavy atom. The van der Waals surface area contributed by atoms with Gasteiger partial charge >= 0.3 is 0 Å². The van der Waals surface area contributed by atoms with Crippen LogP contribution < -0.4 is 14.8 Å². The zero-order chi connectivity index (χ0) is 24.2. The van der Waals surface area contributed by atoms with Gasteiger partial charge in [0, 0.05) is 24.3 Å². The van der Waals surface area contributed by atoms with Crippen LogP contribution in [0.4, 0.5) is 0 Å². The molecular weight excluding hydrogens is 436 g/mol. The minimum absolute atomic E-state index is 0.0215. The first-order valence-electron chi connectivity index (χ1n) is 11.5. The van der Waals surface area contributed by atoms with Crippen molar-refractivity contribution in [2.45, 2.75) is 13.0 Å². The highest BCUT2D eigenvalue weighted by Crippen LogP contribution is 2.32. The Hall–Kier alpha value is -4.38. The van der Waals surface area contributed by atoms with Crippen molar-refractivity contribution in [3.8, 4) is 22.6 Å². The van der Waals surface area contributed by atoms with E-state index in [4.69, 9.17) is 9.47 Å². The van der Waals surface area contributed by atoms with Gasteiger partial charge in [0.2, 0.25) is 5.91 Å². The Kier molecular flexibility index (Phi) is 6.31. The lowest BCUT2D eigenvalue weighted by molar-refractivity contribution is -0.120. The second-order valence-corrected chi connectivity index (χ2v) is 8.43. The maximum atomic E-state index is 12.8. The van der Waals surface area contributed by atoms with E-state index in [-0.39, 0.29) is 5.91 Å². The Labute approximate surface area is 204 Å². The zero-order valence-electron chi connectivity index (χ0n) is 19.7. The van der Waals surface area contributed by atoms with Crippen LogP contribution in [-0.4, -0.2) is 25.1 Å². The van der Waals surface area contributed by atoms with Gasteiger partial charge in [0.1, 0.15) is 11.5 Å². The highest BCUT2D eigenvalue weighted by atomic mass is 16.5. The lowest BCUT2D eigenvalue weighted by Gasteiger charge is -2.13. The number of aromatic nitrogens is 1. The highest BCUT2D eigenvalue weighted by molar-refractivity contribution is 5.98. The SMILES string of the molecule is COc1cccc(-c2ccc(CNC(=O)Cc3ccc4cc(OC)ccc4c3)c3cnccc23)c1. The van der Waals surface area contributed by atoms with Gasteiger partial charge in [0.15, 0.2) is 0 Å². The van der Waals surface area contributed by atoms with Crippen LogP contribution >= 0.6 is 0 Å². The van der Waals surface area contributed by atoms with Crippen molar-refractivity contribution in [3.05, 3.63) is 102 Å². The number of carbonyl (C=O) groups excluding carboxylic acids is 1. The van der Waals surface area contributed by atoms with Crippen molar-refractivity contribution >= 4 is 27.5 Å². The Balaban J connectivity index is 1.33. The number of hydrogen-bond acceptors (Lipinski definition) is 4. The number of nitrogens with one attached hydrogen (secondary N) is 1. The number of carbonyl (C=O) groups is 1. The van der Waals surface area contributed by atoms with E-state index in [0.29, 0.717) is 13.0 Å². The van der Waals surface area contributed by atoms with Crippen LogP contribution in [0.2, 0.25) is 0 Å². The van der Waals surface area contributed by atoms with Crippen molar-refractivity contribution < 1.29 is 14.3 Å². The standard InChI is InChI=1S/C30H26N2O3/c1-34-25-5-3-4-23(17-25)27-11-9-24(29-19-31-13-12-28(27)29)18-32-30(33)15-20-6-7-22-16-26(35-2)10-8-21(22)14-20/h3-14,16-17,19H,15,18H2,1-2H3,(H,32,33). The van der Waals surface area contributed by atoms with Gasteiger partial charge in [-0.2, -0.15) is 0 Å². The van der Waals surface area contributed by atoms with Crippen molar-refractivity contribution in [1.82, 2.24) is 10.3 Å². The minimum atomic E-state index is -0.0215. The third-order valence-corrected chi connectivity index (χ3v) is 6.24. The molecule has 0 aliphatic carbocycles. The highest BCUT2D eigenvalue weighted by Gasteiger charge is 2.11. The summed E-state index contributed by atoms with van der Waals surface area (Å²) in [6.07, 6.45) is 3.97. The number of hydrogen-bond donors (Lipinski definition) is 1. The molecule has 4 aromatic carbocycles. The van der Waals surface area contributed by atoms with E-state index in [9.17, 15) is 4.79 Å². The molecule has 1 heterocycles. The molecule has 5 nitrogen and oxygen atoms in total. The maximum absolute atomic E-state index is 12.8. The smallest absolute Gasteiger partial charge is 0.224 e. The second kappa shape index (κ2) is 9.85. The molecule has 0 aliphatic rings. The lowest BCUT2D eigenvalue weighted by atomic mass is 9.96. The molecule has 0 atom stereocenters. The molecule has 0 radical (unpaired) electrons. The molecule has 0 unspecified atom stereocenters. The van der Waals surface area contributed by atoms with Gasteiger partial charge in [-0.3, -0.25) is 9.78 Å². The number of benzene rings is 4. The maximum Gasteiger partial charge on any atom is 0.224 e. The van der Waals surface area contributed by atoms with Crippen LogP contribution in [0, 0.1) is 0 Å². The monoisotopic (exact) mass is 462 g/mol. The molecule has 1 amide bonds. The first-order chi connectivity index (χ1) is 17.1. The van der Waals surface area contributed by atoms with Crippen molar-refractivity contribution in [2.24, 2.45) is 0 Å². The van der Waals surface area contributed by atoms with Gasteiger partial charge in [-0.25, -0.2) is 0 Å². The number of ether oxygens (including phenoxy) is 2. The fourth-order valence-electron chi connectivity index (χ4n) is 4.40. The first-order valence-corrected chi connectivity index (χ1v) is 11.5. The minimum Gasteiger partial charge on any atom is -0.497 e. The summed E-state index contributed by atoms with van der Waals surface area (Å²) in [5.41, 5.74) is 4.17. The largest absolute Gasteiger partial charge is 0.497 e. The number of methoxy groups -OCH3 is 2. The fraction of sp³-hybridized carbons (Fsp3) is 0.133. The van der Waals surface area contributed by atoms with Crippen molar-refractivity contribution in [2.75, 3.05) is 14.2 Å². The van der Waals surface area contributed by atoms with Crippen molar-refractivity contribution in [1.29, 1.82) is 0 Å². The summed E-state index contributed by atoms with van der Waals surface area (Å²) in [7, 11) is 3.33. The lowest BCUT2D eigenvalue weighted by Crippen LogP contribution is -2.24. The van der Waals surface area contributed by atoms with Crippen LogP contribution in [0.1, 0.15) is 11.1 Å². The van der Waals surface area contributed by atoms with Crippen LogP contribution in [0.5, 0.6) is 11.5 Å². The number of amides is 1. The second-order valence-electron chi connectivity index (χ2n) is 8.43. The molecule has 0 bridgehead atoms. The molecule has 5 heteroatoms. The summed E-state index contributed by atoms with van der Waals surface area (Å²) < 4.78 is 10.7. The van der Waals surface area contributed by atoms with Gasteiger partial charge in [0.25, 0.3) is 0 Å². The van der Waals surface area contributed by atoms with Crippen LogP contribution in [0.25, 0.3) is 32.7 Å². The van der Waals surface area contributed by atoms with Gasteiger partial charge in [-0.15, -0.1) is 0 Å². The number of fused-ring (bicyclic) bond motifs is 2. The van der Waals surface area contributed by atoms with E-state index in [0.717, 1.165) is 55.3 Å². The average molecular weight is 463 g/mol. The molecule has 1 N–H and O–H groups in total. The third kappa shape index (κ3) is 4.80. The van der Waals surface area contributed by atoms with E-state index < -0.39 is 0 Å². The molecule has 5 rings (SSSR count). The normalized spacial score (nSPS) is 10.9. The first kappa shape index (κ1) is 22.4. The van der Waals surface area contributed by atoms with Crippen LogP contribution in [0.3, 0.4) is 0 Å². The molecule has 0 spiro atoms. The van der Waals surface area contributed by atoms with Gasteiger partial charge in [-0.1, -0.05) is 48.5 Å². The van der Waals surface area contributed by atoms with E-state index in [1.165, 1.54) is 0 Å². The molecule has 0 aliphatic heterocycles. The summed E-state index contributed by atoms with van der Waals surface area (Å²) in [6.45, 7) is 0.435. The zero-order valence-corrected chi connectivity index (χ0v) is 19.7. The van der Waals surface area contributed by atoms with Crippen LogP contribution in [-0.2, 0) is 17.8 Å². The molecule has 0 saturated heterocycles. The quantitative estimate of drug-likeness (QED) is 0.326. The Bertz CT molecular complexity index is 1530. The summed E-state index contributed by atoms with van der Waals surface area (Å²) in [5.74, 6) is 1.61. The fourth-order valence-corrected chi connectivity index (χ4v) is 4.40. The topological polar surface area (TPSA) is 60.5 Å². The third-order valence-electron chi connectivity index (χ3n) is 6.24. The van der Waals surface area contributed by atoms with Crippen molar-refractivity contribution in [3.63, 3.8) is 0 Å². The Morgan fingerprint density at radius 1 is 0.829 bits per heavy atom. The summed E-state index contributed by atoms with van der Waals surface area (Å²) in [5, 5.41) is 7.36. The van der Waals surface area contributed by atoms with Gasteiger partial charge < -0.3 is 14.8 Å². The summed E-state index contributed by atoms with van der Waals surface area (Å²) in [4.78, 5) is 17.1. The molecular formula is C30H26N2O3. The molecule has 0 fully saturated rings. The predicted octanol–water partition coefficient (Wildman–Crippen LogP) is 5.93. The summed E-state index contributed by atoms with van der Waals surface area (Å²) in [6, 6.07) is 26.2. The number of nitrogens with zero attached hydrogens (tertiary/aromatic N) is 1.